The van der Waals surface area contributed by atoms with E-state index < -0.39 is 5.82 Å². The number of nitrogens with one attached hydrogen (secondary N) is 1. The van der Waals surface area contributed by atoms with Gasteiger partial charge < -0.3 is 19.2 Å². The van der Waals surface area contributed by atoms with Crippen molar-refractivity contribution in [2.24, 2.45) is 0 Å². The molecule has 27 heavy (non-hydrogen) atoms. The number of furan rings is 1. The Bertz CT molecular complexity index is 900. The zero-order chi connectivity index (χ0) is 19.2. The predicted octanol–water partition coefficient (Wildman–Crippen LogP) is 5.60. The van der Waals surface area contributed by atoms with Crippen LogP contribution in [0.15, 0.2) is 53.1 Å². The van der Waals surface area contributed by atoms with Crippen molar-refractivity contribution in [1.82, 2.24) is 5.32 Å². The van der Waals surface area contributed by atoms with Gasteiger partial charge in [0.15, 0.2) is 11.5 Å². The molecule has 0 atom stereocenters. The average molecular weight is 410 g/mol. The monoisotopic (exact) mass is 409 g/mol. The summed E-state index contributed by atoms with van der Waals surface area (Å²) in [6.07, 6.45) is 1.63. The quantitative estimate of drug-likeness (QED) is 0.525. The van der Waals surface area contributed by atoms with Gasteiger partial charge in [-0.1, -0.05) is 29.3 Å². The number of ether oxygens (including phenoxy) is 2. The Balaban J connectivity index is 1.67. The summed E-state index contributed by atoms with van der Waals surface area (Å²) in [6, 6.07) is 11.4. The Morgan fingerprint density at radius 3 is 2.52 bits per heavy atom. The standard InChI is InChI=1S/C20H18Cl2FNO3/c1-25-19-7-14(10-24-11-16-3-2-6-26-16)18(22)9-20(19)27-12-13-4-5-15(23)8-17(13)21/h2-9,24H,10-12H2,1H3. The molecule has 0 aliphatic carbocycles. The van der Waals surface area contributed by atoms with Gasteiger partial charge >= 0.3 is 0 Å². The Labute approximate surface area is 166 Å². The second kappa shape index (κ2) is 9.13. The first-order valence-corrected chi connectivity index (χ1v) is 8.98. The van der Waals surface area contributed by atoms with Crippen molar-refractivity contribution in [3.05, 3.63) is 81.5 Å². The minimum Gasteiger partial charge on any atom is -0.493 e. The van der Waals surface area contributed by atoms with E-state index >= 15 is 0 Å². The molecule has 3 aromatic rings. The third kappa shape index (κ3) is 5.16. The number of halogens is 3. The van der Waals surface area contributed by atoms with E-state index in [1.807, 2.05) is 18.2 Å². The second-order valence-corrected chi connectivity index (χ2v) is 6.62. The van der Waals surface area contributed by atoms with E-state index in [-0.39, 0.29) is 6.61 Å². The Morgan fingerprint density at radius 2 is 1.81 bits per heavy atom. The highest BCUT2D eigenvalue weighted by molar-refractivity contribution is 6.31. The lowest BCUT2D eigenvalue weighted by atomic mass is 10.2. The largest absolute Gasteiger partial charge is 0.493 e. The van der Waals surface area contributed by atoms with Crippen LogP contribution in [0, 0.1) is 5.82 Å². The van der Waals surface area contributed by atoms with Crippen LogP contribution in [-0.4, -0.2) is 7.11 Å². The minimum atomic E-state index is -0.393. The maximum absolute atomic E-state index is 13.1. The molecule has 0 fully saturated rings. The molecule has 0 aliphatic rings. The van der Waals surface area contributed by atoms with Crippen molar-refractivity contribution in [2.45, 2.75) is 19.7 Å². The highest BCUT2D eigenvalue weighted by Crippen LogP contribution is 2.34. The van der Waals surface area contributed by atoms with E-state index in [1.54, 1.807) is 25.5 Å². The van der Waals surface area contributed by atoms with Crippen LogP contribution < -0.4 is 14.8 Å². The number of methoxy groups -OCH3 is 1. The lowest BCUT2D eigenvalue weighted by Crippen LogP contribution is -2.12. The normalized spacial score (nSPS) is 10.8. The lowest BCUT2D eigenvalue weighted by Gasteiger charge is -2.14. The molecule has 1 N–H and O–H groups in total. The summed E-state index contributed by atoms with van der Waals surface area (Å²) in [7, 11) is 1.56. The summed E-state index contributed by atoms with van der Waals surface area (Å²) in [6.45, 7) is 1.30. The van der Waals surface area contributed by atoms with Crippen molar-refractivity contribution in [3.63, 3.8) is 0 Å². The van der Waals surface area contributed by atoms with E-state index in [0.29, 0.717) is 40.2 Å². The molecule has 0 spiro atoms. The van der Waals surface area contributed by atoms with E-state index in [4.69, 9.17) is 37.1 Å². The van der Waals surface area contributed by atoms with E-state index in [0.717, 1.165) is 11.3 Å². The molecule has 142 valence electrons. The van der Waals surface area contributed by atoms with Gasteiger partial charge in [-0.2, -0.15) is 0 Å². The Kier molecular flexibility index (Phi) is 6.61. The fourth-order valence-electron chi connectivity index (χ4n) is 2.51. The van der Waals surface area contributed by atoms with Gasteiger partial charge in [0.1, 0.15) is 18.2 Å². The fourth-order valence-corrected chi connectivity index (χ4v) is 2.96. The SMILES string of the molecule is COc1cc(CNCc2ccco2)c(Cl)cc1OCc1ccc(F)cc1Cl. The molecule has 7 heteroatoms. The molecular formula is C20H18Cl2FNO3. The van der Waals surface area contributed by atoms with Gasteiger partial charge in [0.2, 0.25) is 0 Å². The predicted molar refractivity (Wildman–Crippen MR) is 103 cm³/mol. The molecule has 1 aromatic heterocycles. The topological polar surface area (TPSA) is 43.6 Å². The Morgan fingerprint density at radius 1 is 1.00 bits per heavy atom. The number of rotatable bonds is 8. The molecule has 3 rings (SSSR count). The zero-order valence-electron chi connectivity index (χ0n) is 14.6. The van der Waals surface area contributed by atoms with Crippen LogP contribution >= 0.6 is 23.2 Å². The van der Waals surface area contributed by atoms with Gasteiger partial charge in [-0.25, -0.2) is 4.39 Å². The summed E-state index contributed by atoms with van der Waals surface area (Å²) < 4.78 is 29.6. The van der Waals surface area contributed by atoms with E-state index in [9.17, 15) is 4.39 Å². The van der Waals surface area contributed by atoms with Crippen molar-refractivity contribution in [1.29, 1.82) is 0 Å². The van der Waals surface area contributed by atoms with Crippen molar-refractivity contribution in [3.8, 4) is 11.5 Å². The van der Waals surface area contributed by atoms with Crippen molar-refractivity contribution < 1.29 is 18.3 Å². The maximum Gasteiger partial charge on any atom is 0.163 e. The number of hydrogen-bond acceptors (Lipinski definition) is 4. The first kappa shape index (κ1) is 19.5. The second-order valence-electron chi connectivity index (χ2n) is 5.80. The van der Waals surface area contributed by atoms with Gasteiger partial charge in [0.25, 0.3) is 0 Å². The van der Waals surface area contributed by atoms with Crippen LogP contribution in [0.1, 0.15) is 16.9 Å². The lowest BCUT2D eigenvalue weighted by molar-refractivity contribution is 0.284. The molecule has 0 amide bonds. The average Bonchev–Trinajstić information content (AvgIpc) is 3.16. The molecule has 0 saturated heterocycles. The van der Waals surface area contributed by atoms with Crippen LogP contribution in [0.5, 0.6) is 11.5 Å². The van der Waals surface area contributed by atoms with Crippen LogP contribution in [0.2, 0.25) is 10.0 Å². The van der Waals surface area contributed by atoms with Crippen LogP contribution in [0.25, 0.3) is 0 Å². The first-order chi connectivity index (χ1) is 13.1. The molecule has 0 saturated carbocycles. The molecule has 0 unspecified atom stereocenters. The molecular weight excluding hydrogens is 392 g/mol. The molecule has 1 heterocycles. The zero-order valence-corrected chi connectivity index (χ0v) is 16.1. The molecule has 4 nitrogen and oxygen atoms in total. The summed E-state index contributed by atoms with van der Waals surface area (Å²) in [5.74, 6) is 1.48. The van der Waals surface area contributed by atoms with Crippen LogP contribution in [0.3, 0.4) is 0 Å². The smallest absolute Gasteiger partial charge is 0.163 e. The summed E-state index contributed by atoms with van der Waals surface area (Å²) in [4.78, 5) is 0. The number of hydrogen-bond donors (Lipinski definition) is 1. The van der Waals surface area contributed by atoms with Gasteiger partial charge in [0, 0.05) is 23.2 Å². The summed E-state index contributed by atoms with van der Waals surface area (Å²) in [5.41, 5.74) is 1.53. The van der Waals surface area contributed by atoms with Gasteiger partial charge in [0.05, 0.1) is 24.9 Å². The van der Waals surface area contributed by atoms with E-state index in [2.05, 4.69) is 5.32 Å². The third-order valence-electron chi connectivity index (χ3n) is 3.93. The molecule has 0 bridgehead atoms. The highest BCUT2D eigenvalue weighted by Gasteiger charge is 2.12. The Hall–Kier alpha value is -2.21. The highest BCUT2D eigenvalue weighted by atomic mass is 35.5. The van der Waals surface area contributed by atoms with E-state index in [1.165, 1.54) is 12.1 Å². The van der Waals surface area contributed by atoms with Crippen LogP contribution in [-0.2, 0) is 19.7 Å². The van der Waals surface area contributed by atoms with Crippen molar-refractivity contribution >= 4 is 23.2 Å². The van der Waals surface area contributed by atoms with Gasteiger partial charge in [-0.15, -0.1) is 0 Å². The summed E-state index contributed by atoms with van der Waals surface area (Å²) >= 11 is 12.4. The molecule has 2 aromatic carbocycles. The maximum atomic E-state index is 13.1. The van der Waals surface area contributed by atoms with Crippen molar-refractivity contribution in [2.75, 3.05) is 7.11 Å². The van der Waals surface area contributed by atoms with Gasteiger partial charge in [-0.05, 0) is 35.9 Å². The minimum absolute atomic E-state index is 0.169. The third-order valence-corrected chi connectivity index (χ3v) is 4.63. The summed E-state index contributed by atoms with van der Waals surface area (Å²) in [5, 5.41) is 4.11. The van der Waals surface area contributed by atoms with Gasteiger partial charge in [-0.3, -0.25) is 0 Å². The fraction of sp³-hybridized carbons (Fsp3) is 0.200. The first-order valence-electron chi connectivity index (χ1n) is 8.23. The number of benzene rings is 2. The molecule has 0 radical (unpaired) electrons. The van der Waals surface area contributed by atoms with Crippen LogP contribution in [0.4, 0.5) is 4.39 Å². The molecule has 0 aliphatic heterocycles.